The van der Waals surface area contributed by atoms with Gasteiger partial charge in [0.15, 0.2) is 4.34 Å². The molecule has 1 atom stereocenters. The molecule has 3 rings (SSSR count). The number of rotatable bonds is 4. The third-order valence-corrected chi connectivity index (χ3v) is 5.70. The molecular weight excluding hydrogens is 252 g/mol. The number of aromatic nitrogens is 1. The number of anilines is 1. The van der Waals surface area contributed by atoms with Crippen LogP contribution in [-0.2, 0) is 10.8 Å². The van der Waals surface area contributed by atoms with Crippen molar-refractivity contribution in [3.05, 3.63) is 18.2 Å². The summed E-state index contributed by atoms with van der Waals surface area (Å²) in [5.41, 5.74) is 7.35. The number of hydrogen-bond acceptors (Lipinski definition) is 4. The van der Waals surface area contributed by atoms with Gasteiger partial charge in [0.25, 0.3) is 0 Å². The van der Waals surface area contributed by atoms with Crippen molar-refractivity contribution in [3.8, 4) is 0 Å². The van der Waals surface area contributed by atoms with E-state index in [4.69, 9.17) is 5.73 Å². The second-order valence-electron chi connectivity index (χ2n) is 4.49. The summed E-state index contributed by atoms with van der Waals surface area (Å²) in [6.45, 7) is 0. The topological polar surface area (TPSA) is 56.0 Å². The van der Waals surface area contributed by atoms with E-state index in [1.165, 1.54) is 24.2 Å². The van der Waals surface area contributed by atoms with Crippen LogP contribution in [0.5, 0.6) is 0 Å². The van der Waals surface area contributed by atoms with Crippen molar-refractivity contribution in [1.82, 2.24) is 4.98 Å². The molecule has 1 saturated carbocycles. The maximum Gasteiger partial charge on any atom is 0.181 e. The zero-order valence-electron chi connectivity index (χ0n) is 9.39. The predicted octanol–water partition coefficient (Wildman–Crippen LogP) is 2.79. The molecule has 0 spiro atoms. The van der Waals surface area contributed by atoms with Crippen LogP contribution in [0.25, 0.3) is 10.2 Å². The minimum atomic E-state index is -0.937. The molecule has 1 aliphatic carbocycles. The van der Waals surface area contributed by atoms with Gasteiger partial charge in [-0.05, 0) is 30.5 Å². The fraction of sp³-hybridized carbons (Fsp3) is 0.417. The van der Waals surface area contributed by atoms with Crippen LogP contribution < -0.4 is 5.73 Å². The summed E-state index contributed by atoms with van der Waals surface area (Å²) < 4.78 is 13.8. The molecule has 2 aromatic rings. The SMILES string of the molecule is Nc1ccc2nc(S(=O)CCC3CC3)sc2c1. The van der Waals surface area contributed by atoms with Gasteiger partial charge in [-0.1, -0.05) is 12.8 Å². The van der Waals surface area contributed by atoms with E-state index >= 15 is 0 Å². The molecule has 17 heavy (non-hydrogen) atoms. The Labute approximate surface area is 107 Å². The summed E-state index contributed by atoms with van der Waals surface area (Å²) in [4.78, 5) is 4.41. The van der Waals surface area contributed by atoms with Crippen molar-refractivity contribution < 1.29 is 4.21 Å². The lowest BCUT2D eigenvalue weighted by atomic mass is 10.3. The highest BCUT2D eigenvalue weighted by Gasteiger charge is 2.22. The molecule has 1 heterocycles. The van der Waals surface area contributed by atoms with Crippen LogP contribution in [0.3, 0.4) is 0 Å². The van der Waals surface area contributed by atoms with Gasteiger partial charge in [-0.15, -0.1) is 11.3 Å². The third-order valence-electron chi connectivity index (χ3n) is 3.00. The fourth-order valence-electron chi connectivity index (χ4n) is 1.78. The van der Waals surface area contributed by atoms with Gasteiger partial charge in [0, 0.05) is 11.4 Å². The Hall–Kier alpha value is -0.940. The van der Waals surface area contributed by atoms with Gasteiger partial charge in [0.1, 0.15) is 0 Å². The minimum Gasteiger partial charge on any atom is -0.399 e. The maximum atomic E-state index is 12.1. The molecule has 0 aliphatic heterocycles. The van der Waals surface area contributed by atoms with Crippen molar-refractivity contribution in [1.29, 1.82) is 0 Å². The number of nitrogens with zero attached hydrogens (tertiary/aromatic N) is 1. The number of nitrogens with two attached hydrogens (primary N) is 1. The zero-order valence-corrected chi connectivity index (χ0v) is 11.0. The Balaban J connectivity index is 1.81. The van der Waals surface area contributed by atoms with Gasteiger partial charge in [-0.2, -0.15) is 0 Å². The lowest BCUT2D eigenvalue weighted by Gasteiger charge is -1.95. The molecule has 1 aromatic carbocycles. The molecule has 1 unspecified atom stereocenters. The molecule has 1 fully saturated rings. The first-order valence-electron chi connectivity index (χ1n) is 5.77. The van der Waals surface area contributed by atoms with Crippen LogP contribution in [0, 0.1) is 5.92 Å². The van der Waals surface area contributed by atoms with Gasteiger partial charge < -0.3 is 5.73 Å². The molecular formula is C12H14N2OS2. The Morgan fingerprint density at radius 3 is 3.06 bits per heavy atom. The number of nitrogen functional groups attached to an aromatic ring is 1. The first-order chi connectivity index (χ1) is 8.22. The summed E-state index contributed by atoms with van der Waals surface area (Å²) in [5.74, 6) is 1.57. The maximum absolute atomic E-state index is 12.1. The Morgan fingerprint density at radius 1 is 1.47 bits per heavy atom. The van der Waals surface area contributed by atoms with Crippen molar-refractivity contribution in [2.45, 2.75) is 23.6 Å². The van der Waals surface area contributed by atoms with E-state index in [2.05, 4.69) is 4.98 Å². The van der Waals surface area contributed by atoms with Gasteiger partial charge in [-0.25, -0.2) is 4.98 Å². The lowest BCUT2D eigenvalue weighted by Crippen LogP contribution is -1.98. The molecule has 1 aromatic heterocycles. The van der Waals surface area contributed by atoms with Crippen molar-refractivity contribution >= 4 is 38.0 Å². The van der Waals surface area contributed by atoms with Crippen molar-refractivity contribution in [2.75, 3.05) is 11.5 Å². The van der Waals surface area contributed by atoms with Crippen LogP contribution in [0.1, 0.15) is 19.3 Å². The normalized spacial score (nSPS) is 17.4. The predicted molar refractivity (Wildman–Crippen MR) is 72.6 cm³/mol. The zero-order chi connectivity index (χ0) is 11.8. The molecule has 90 valence electrons. The largest absolute Gasteiger partial charge is 0.399 e. The summed E-state index contributed by atoms with van der Waals surface area (Å²) in [6.07, 6.45) is 3.70. The van der Waals surface area contributed by atoms with E-state index < -0.39 is 10.8 Å². The molecule has 2 N–H and O–H groups in total. The van der Waals surface area contributed by atoms with E-state index in [9.17, 15) is 4.21 Å². The molecule has 0 radical (unpaired) electrons. The molecule has 5 heteroatoms. The minimum absolute atomic E-state index is 0.733. The lowest BCUT2D eigenvalue weighted by molar-refractivity contribution is 0.676. The summed E-state index contributed by atoms with van der Waals surface area (Å²) in [7, 11) is -0.937. The van der Waals surface area contributed by atoms with Gasteiger partial charge in [0.2, 0.25) is 0 Å². The highest BCUT2D eigenvalue weighted by atomic mass is 32.2. The second kappa shape index (κ2) is 4.38. The van der Waals surface area contributed by atoms with Crippen LogP contribution in [-0.4, -0.2) is 14.9 Å². The summed E-state index contributed by atoms with van der Waals surface area (Å²) >= 11 is 1.50. The van der Waals surface area contributed by atoms with Crippen molar-refractivity contribution in [2.24, 2.45) is 5.92 Å². The van der Waals surface area contributed by atoms with Crippen LogP contribution >= 0.6 is 11.3 Å². The number of thiazole rings is 1. The molecule has 1 aliphatic rings. The number of benzene rings is 1. The first kappa shape index (κ1) is 11.2. The average Bonchev–Trinajstić information content (AvgIpc) is 3.04. The highest BCUT2D eigenvalue weighted by molar-refractivity contribution is 7.87. The molecule has 0 saturated heterocycles. The Bertz CT molecular complexity index is 575. The third kappa shape index (κ3) is 2.50. The van der Waals surface area contributed by atoms with E-state index in [1.54, 1.807) is 0 Å². The van der Waals surface area contributed by atoms with E-state index in [0.29, 0.717) is 0 Å². The van der Waals surface area contributed by atoms with Gasteiger partial charge in [0.05, 0.1) is 21.0 Å². The Morgan fingerprint density at radius 2 is 2.29 bits per heavy atom. The monoisotopic (exact) mass is 266 g/mol. The molecule has 0 amide bonds. The van der Waals surface area contributed by atoms with Crippen LogP contribution in [0.4, 0.5) is 5.69 Å². The van der Waals surface area contributed by atoms with E-state index in [-0.39, 0.29) is 0 Å². The van der Waals surface area contributed by atoms with Crippen LogP contribution in [0.2, 0.25) is 0 Å². The average molecular weight is 266 g/mol. The number of hydrogen-bond donors (Lipinski definition) is 1. The van der Waals surface area contributed by atoms with Gasteiger partial charge >= 0.3 is 0 Å². The standard InChI is InChI=1S/C12H14N2OS2/c13-9-3-4-10-11(7-9)16-12(14-10)17(15)6-5-8-1-2-8/h3-4,7-8H,1-2,5-6,13H2. The van der Waals surface area contributed by atoms with Gasteiger partial charge in [-0.3, -0.25) is 4.21 Å². The van der Waals surface area contributed by atoms with Crippen LogP contribution in [0.15, 0.2) is 22.5 Å². The quantitative estimate of drug-likeness (QED) is 0.866. The Kier molecular flexibility index (Phi) is 2.88. The fourth-order valence-corrected chi connectivity index (χ4v) is 4.34. The number of fused-ring (bicyclic) bond motifs is 1. The van der Waals surface area contributed by atoms with E-state index in [1.807, 2.05) is 18.2 Å². The second-order valence-corrected chi connectivity index (χ2v) is 7.26. The summed E-state index contributed by atoms with van der Waals surface area (Å²) in [5, 5.41) is 0. The van der Waals surface area contributed by atoms with Crippen molar-refractivity contribution in [3.63, 3.8) is 0 Å². The highest BCUT2D eigenvalue weighted by Crippen LogP contribution is 2.33. The first-order valence-corrected chi connectivity index (χ1v) is 7.90. The smallest absolute Gasteiger partial charge is 0.181 e. The van der Waals surface area contributed by atoms with E-state index in [0.717, 1.165) is 38.3 Å². The molecule has 3 nitrogen and oxygen atoms in total. The molecule has 0 bridgehead atoms. The summed E-state index contributed by atoms with van der Waals surface area (Å²) in [6, 6.07) is 5.62.